The Labute approximate surface area is 170 Å². The minimum Gasteiger partial charge on any atom is -0.566 e. The third-order valence-electron chi connectivity index (χ3n) is 4.43. The molecular weight excluding hydrogens is 424 g/mol. The summed E-state index contributed by atoms with van der Waals surface area (Å²) < 4.78 is 42.7. The molecule has 1 fully saturated rings. The number of carbonyl (C=O) groups excluding carboxylic acids is 2. The average molecular weight is 443 g/mol. The minimum absolute atomic E-state index is 0.0593. The summed E-state index contributed by atoms with van der Waals surface area (Å²) in [6.07, 6.45) is -3.59. The lowest BCUT2D eigenvalue weighted by Crippen LogP contribution is -2.36. The Morgan fingerprint density at radius 2 is 2.13 bits per heavy atom. The quantitative estimate of drug-likeness (QED) is 0.423. The maximum absolute atomic E-state index is 15.3. The van der Waals surface area contributed by atoms with Gasteiger partial charge >= 0.3 is 14.2 Å². The van der Waals surface area contributed by atoms with E-state index in [4.69, 9.17) is 9.47 Å². The van der Waals surface area contributed by atoms with Crippen LogP contribution >= 0.6 is 8.25 Å². The van der Waals surface area contributed by atoms with Crippen molar-refractivity contribution in [2.24, 2.45) is 0 Å². The van der Waals surface area contributed by atoms with Gasteiger partial charge in [-0.15, -0.1) is 4.52 Å². The van der Waals surface area contributed by atoms with Crippen molar-refractivity contribution in [1.82, 2.24) is 19.5 Å². The van der Waals surface area contributed by atoms with Crippen LogP contribution in [0.15, 0.2) is 12.7 Å². The van der Waals surface area contributed by atoms with Crippen molar-refractivity contribution in [3.8, 4) is 0 Å². The standard InChI is InChI=1S/C16H19FN5O7P/c1-8(23)3-4-10(24)29-13-9(5-27-30(25)26)28-16(11(13)17)22-7-21-12-14(18-2)19-6-20-15(12)22/h6-7,9,11,13,16H,3-5H2,1-2H3,(H,18,19,20)/t9-,11+,13?,16-/m1/s1. The predicted molar refractivity (Wildman–Crippen MR) is 97.0 cm³/mol. The van der Waals surface area contributed by atoms with E-state index in [1.807, 2.05) is 0 Å². The number of Topliss-reactive ketones (excluding diaryl/α,β-unsaturated/α-hetero) is 1. The monoisotopic (exact) mass is 443 g/mol. The smallest absolute Gasteiger partial charge is 0.488 e. The highest BCUT2D eigenvalue weighted by atomic mass is 31.1. The molecule has 0 aliphatic carbocycles. The molecular formula is C16H19FN5O7P. The van der Waals surface area contributed by atoms with Gasteiger partial charge in [-0.1, -0.05) is 0 Å². The van der Waals surface area contributed by atoms with Crippen LogP contribution < -0.4 is 10.2 Å². The van der Waals surface area contributed by atoms with Crippen LogP contribution in [-0.4, -0.2) is 63.3 Å². The molecule has 0 aromatic carbocycles. The first-order valence-corrected chi connectivity index (χ1v) is 10.0. The van der Waals surface area contributed by atoms with Crippen molar-refractivity contribution < 1.29 is 37.4 Å². The first-order valence-electron chi connectivity index (χ1n) is 8.92. The van der Waals surface area contributed by atoms with E-state index in [9.17, 15) is 19.0 Å². The Balaban J connectivity index is 1.85. The van der Waals surface area contributed by atoms with Crippen LogP contribution in [0, 0.1) is 0 Å². The summed E-state index contributed by atoms with van der Waals surface area (Å²) in [4.78, 5) is 46.1. The summed E-state index contributed by atoms with van der Waals surface area (Å²) >= 11 is 0. The summed E-state index contributed by atoms with van der Waals surface area (Å²) in [5.74, 6) is -0.617. The topological polar surface area (TPSA) is 158 Å². The Hall–Kier alpha value is -2.60. The van der Waals surface area contributed by atoms with Crippen LogP contribution in [0.25, 0.3) is 11.2 Å². The second kappa shape index (κ2) is 9.47. The van der Waals surface area contributed by atoms with Gasteiger partial charge in [0.05, 0.1) is 12.7 Å². The highest BCUT2D eigenvalue weighted by Crippen LogP contribution is 2.37. The lowest BCUT2D eigenvalue weighted by Gasteiger charge is -2.18. The predicted octanol–water partition coefficient (Wildman–Crippen LogP) is 0.419. The van der Waals surface area contributed by atoms with E-state index in [1.165, 1.54) is 24.1 Å². The van der Waals surface area contributed by atoms with E-state index < -0.39 is 45.4 Å². The third kappa shape index (κ3) is 4.75. The third-order valence-corrected chi connectivity index (χ3v) is 4.79. The molecule has 2 unspecified atom stereocenters. The Morgan fingerprint density at radius 3 is 2.80 bits per heavy atom. The number of hydrogen-bond acceptors (Lipinski definition) is 11. The van der Waals surface area contributed by atoms with Gasteiger partial charge in [0, 0.05) is 13.5 Å². The highest BCUT2D eigenvalue weighted by molar-refractivity contribution is 7.30. The van der Waals surface area contributed by atoms with Gasteiger partial charge in [0.25, 0.3) is 0 Å². The molecule has 0 bridgehead atoms. The van der Waals surface area contributed by atoms with Crippen LogP contribution in [0.4, 0.5) is 10.2 Å². The van der Waals surface area contributed by atoms with Crippen LogP contribution in [0.5, 0.6) is 0 Å². The van der Waals surface area contributed by atoms with Gasteiger partial charge in [-0.3, -0.25) is 9.36 Å². The van der Waals surface area contributed by atoms with Crippen LogP contribution in [0.3, 0.4) is 0 Å². The summed E-state index contributed by atoms with van der Waals surface area (Å²) in [6, 6.07) is 0. The first kappa shape index (κ1) is 22.1. The number of halogens is 1. The first-order chi connectivity index (χ1) is 14.3. The normalized spacial score (nSPS) is 24.1. The van der Waals surface area contributed by atoms with Gasteiger partial charge in [-0.25, -0.2) is 19.3 Å². The molecule has 3 heterocycles. The number of rotatable bonds is 9. The number of imidazole rings is 1. The fraction of sp³-hybridized carbons (Fsp3) is 0.562. The van der Waals surface area contributed by atoms with Crippen molar-refractivity contribution in [2.45, 2.75) is 44.4 Å². The molecule has 2 aromatic rings. The van der Waals surface area contributed by atoms with E-state index in [0.29, 0.717) is 11.3 Å². The number of hydrogen-bond donors (Lipinski definition) is 1. The van der Waals surface area contributed by atoms with Crippen molar-refractivity contribution in [3.63, 3.8) is 0 Å². The molecule has 0 saturated carbocycles. The number of nitrogens with one attached hydrogen (secondary N) is 1. The molecule has 3 rings (SSSR count). The van der Waals surface area contributed by atoms with Crippen LogP contribution in [-0.2, 0) is 28.2 Å². The Bertz CT molecular complexity index is 957. The summed E-state index contributed by atoms with van der Waals surface area (Å²) in [6.45, 7) is 0.760. The zero-order chi connectivity index (χ0) is 21.8. The molecule has 1 aliphatic heterocycles. The molecule has 14 heteroatoms. The number of nitrogens with zero attached hydrogens (tertiary/aromatic N) is 4. The number of ketones is 1. The fourth-order valence-electron chi connectivity index (χ4n) is 3.04. The molecule has 30 heavy (non-hydrogen) atoms. The van der Waals surface area contributed by atoms with Crippen molar-refractivity contribution in [1.29, 1.82) is 0 Å². The van der Waals surface area contributed by atoms with E-state index in [2.05, 4.69) is 24.8 Å². The van der Waals surface area contributed by atoms with E-state index in [1.54, 1.807) is 7.05 Å². The van der Waals surface area contributed by atoms with Gasteiger partial charge in [0.1, 0.15) is 30.3 Å². The lowest BCUT2D eigenvalue weighted by molar-refractivity contribution is -0.189. The number of fused-ring (bicyclic) bond motifs is 1. The highest BCUT2D eigenvalue weighted by Gasteiger charge is 2.50. The van der Waals surface area contributed by atoms with Crippen LogP contribution in [0.2, 0.25) is 0 Å². The molecule has 5 atom stereocenters. The largest absolute Gasteiger partial charge is 0.566 e. The molecule has 1 aliphatic rings. The maximum atomic E-state index is 15.3. The molecule has 2 aromatic heterocycles. The number of aromatic nitrogens is 4. The number of carbonyl (C=O) groups is 2. The molecule has 162 valence electrons. The van der Waals surface area contributed by atoms with Gasteiger partial charge < -0.3 is 24.5 Å². The maximum Gasteiger partial charge on any atom is 0.488 e. The fourth-order valence-corrected chi connectivity index (χ4v) is 3.31. The van der Waals surface area contributed by atoms with E-state index >= 15 is 4.39 Å². The van der Waals surface area contributed by atoms with Crippen LogP contribution in [0.1, 0.15) is 26.0 Å². The van der Waals surface area contributed by atoms with Crippen molar-refractivity contribution in [2.75, 3.05) is 19.0 Å². The summed E-state index contributed by atoms with van der Waals surface area (Å²) in [5.41, 5.74) is 0.633. The van der Waals surface area contributed by atoms with Gasteiger partial charge in [0.15, 0.2) is 30.0 Å². The lowest BCUT2D eigenvalue weighted by atomic mass is 10.1. The van der Waals surface area contributed by atoms with Gasteiger partial charge in [-0.05, 0) is 11.5 Å². The number of alkyl halides is 1. The number of anilines is 1. The van der Waals surface area contributed by atoms with Crippen molar-refractivity contribution >= 4 is 37.0 Å². The zero-order valence-corrected chi connectivity index (χ0v) is 17.0. The van der Waals surface area contributed by atoms with Crippen molar-refractivity contribution in [3.05, 3.63) is 12.7 Å². The Morgan fingerprint density at radius 1 is 1.37 bits per heavy atom. The summed E-state index contributed by atoms with van der Waals surface area (Å²) in [7, 11) is -1.58. The molecule has 0 amide bonds. The second-order valence-corrected chi connectivity index (χ2v) is 7.19. The second-order valence-electron chi connectivity index (χ2n) is 6.48. The summed E-state index contributed by atoms with van der Waals surface area (Å²) in [5, 5.41) is 2.84. The number of esters is 1. The zero-order valence-electron chi connectivity index (χ0n) is 16.1. The van der Waals surface area contributed by atoms with E-state index in [-0.39, 0.29) is 24.3 Å². The molecule has 1 saturated heterocycles. The molecule has 12 nitrogen and oxygen atoms in total. The molecule has 1 N–H and O–H groups in total. The van der Waals surface area contributed by atoms with Gasteiger partial charge in [-0.2, -0.15) is 0 Å². The van der Waals surface area contributed by atoms with Gasteiger partial charge in [0.2, 0.25) is 0 Å². The molecule has 0 radical (unpaired) electrons. The molecule has 0 spiro atoms. The SMILES string of the molecule is CNc1ncnc2c1ncn2[C@@H]1O[C@H](CO[P+](=O)[O-])C(OC(=O)CCC(C)=O)[C@@H]1F. The number of ether oxygens (including phenoxy) is 2. The minimum atomic E-state index is -3.22. The Kier molecular flexibility index (Phi) is 6.98. The average Bonchev–Trinajstić information content (AvgIpc) is 3.26. The van der Waals surface area contributed by atoms with E-state index in [0.717, 1.165) is 0 Å².